The van der Waals surface area contributed by atoms with Crippen molar-refractivity contribution in [3.63, 3.8) is 0 Å². The average Bonchev–Trinajstić information content (AvgIpc) is 3.68. The summed E-state index contributed by atoms with van der Waals surface area (Å²) in [5, 5.41) is 20.5. The van der Waals surface area contributed by atoms with Crippen LogP contribution in [0.1, 0.15) is 111 Å². The molecule has 0 aromatic rings. The SMILES string of the molecule is C=C1[C@H](O)CC(=C/C=C2\CCC[C@]3(C)[C@@H]([C@H](C)/C=C/[C@@H](OCCCC)C4(C(=O)OCCCC)CC4)CC[C@@H]23)C[C@H]1O. The van der Waals surface area contributed by atoms with Gasteiger partial charge in [-0.2, -0.15) is 0 Å². The van der Waals surface area contributed by atoms with Crippen LogP contribution in [0.2, 0.25) is 0 Å². The third-order valence-electron chi connectivity index (χ3n) is 10.8. The summed E-state index contributed by atoms with van der Waals surface area (Å²) in [6, 6.07) is 0. The molecular formula is C36H56O5. The zero-order valence-electron chi connectivity index (χ0n) is 26.2. The van der Waals surface area contributed by atoms with Crippen molar-refractivity contribution in [3.8, 4) is 0 Å². The molecule has 0 unspecified atom stereocenters. The van der Waals surface area contributed by atoms with Crippen LogP contribution in [0.3, 0.4) is 0 Å². The first-order chi connectivity index (χ1) is 19.7. The summed E-state index contributed by atoms with van der Waals surface area (Å²) < 4.78 is 12.1. The van der Waals surface area contributed by atoms with Crippen LogP contribution in [0, 0.1) is 28.6 Å². The monoisotopic (exact) mass is 568 g/mol. The van der Waals surface area contributed by atoms with Crippen molar-refractivity contribution >= 4 is 5.97 Å². The Bertz CT molecular complexity index is 987. The predicted molar refractivity (Wildman–Crippen MR) is 165 cm³/mol. The Kier molecular flexibility index (Phi) is 11.2. The Morgan fingerprint density at radius 1 is 1.02 bits per heavy atom. The molecule has 0 amide bonds. The molecule has 0 spiro atoms. The molecule has 230 valence electrons. The number of aliphatic hydroxyl groups is 2. The van der Waals surface area contributed by atoms with Gasteiger partial charge in [0.2, 0.25) is 0 Å². The van der Waals surface area contributed by atoms with Gasteiger partial charge in [0.15, 0.2) is 0 Å². The van der Waals surface area contributed by atoms with Crippen LogP contribution in [0.4, 0.5) is 0 Å². The number of hydrogen-bond donors (Lipinski definition) is 2. The van der Waals surface area contributed by atoms with Crippen molar-refractivity contribution < 1.29 is 24.5 Å². The number of carbonyl (C=O) groups is 1. The van der Waals surface area contributed by atoms with Crippen LogP contribution >= 0.6 is 0 Å². The van der Waals surface area contributed by atoms with Crippen LogP contribution in [0.15, 0.2) is 47.6 Å². The Balaban J connectivity index is 1.45. The molecule has 2 N–H and O–H groups in total. The van der Waals surface area contributed by atoms with E-state index in [-0.39, 0.29) is 17.5 Å². The summed E-state index contributed by atoms with van der Waals surface area (Å²) in [4.78, 5) is 13.1. The second kappa shape index (κ2) is 14.2. The van der Waals surface area contributed by atoms with Crippen LogP contribution in [-0.4, -0.2) is 47.7 Å². The van der Waals surface area contributed by atoms with E-state index in [1.165, 1.54) is 31.3 Å². The molecule has 0 aliphatic heterocycles. The maximum absolute atomic E-state index is 13.1. The fourth-order valence-corrected chi connectivity index (χ4v) is 7.93. The number of carbonyl (C=O) groups excluding carboxylic acids is 1. The van der Waals surface area contributed by atoms with E-state index >= 15 is 0 Å². The Hall–Kier alpha value is -1.69. The minimum Gasteiger partial charge on any atom is -0.465 e. The number of esters is 1. The molecule has 4 fully saturated rings. The molecule has 0 radical (unpaired) electrons. The van der Waals surface area contributed by atoms with Gasteiger partial charge < -0.3 is 19.7 Å². The number of hydrogen-bond acceptors (Lipinski definition) is 5. The maximum atomic E-state index is 13.1. The summed E-state index contributed by atoms with van der Waals surface area (Å²) in [7, 11) is 0. The lowest BCUT2D eigenvalue weighted by molar-refractivity contribution is -0.155. The summed E-state index contributed by atoms with van der Waals surface area (Å²) in [5.41, 5.74) is 2.94. The largest absolute Gasteiger partial charge is 0.465 e. The van der Waals surface area contributed by atoms with E-state index in [1.807, 2.05) is 0 Å². The van der Waals surface area contributed by atoms with E-state index in [0.717, 1.165) is 50.5 Å². The van der Waals surface area contributed by atoms with Crippen molar-refractivity contribution in [2.24, 2.45) is 28.6 Å². The topological polar surface area (TPSA) is 76.0 Å². The van der Waals surface area contributed by atoms with Gasteiger partial charge in [0, 0.05) is 6.61 Å². The second-order valence-corrected chi connectivity index (χ2v) is 13.7. The normalized spacial score (nSPS) is 33.6. The third-order valence-corrected chi connectivity index (χ3v) is 10.8. The van der Waals surface area contributed by atoms with Gasteiger partial charge in [0.1, 0.15) is 0 Å². The lowest BCUT2D eigenvalue weighted by atomic mass is 9.61. The highest BCUT2D eigenvalue weighted by atomic mass is 16.5. The van der Waals surface area contributed by atoms with Gasteiger partial charge in [0.05, 0.1) is 30.3 Å². The fraction of sp³-hybridized carbons (Fsp3) is 0.750. The van der Waals surface area contributed by atoms with Crippen LogP contribution < -0.4 is 0 Å². The van der Waals surface area contributed by atoms with Crippen molar-refractivity contribution in [1.29, 1.82) is 0 Å². The number of ether oxygens (including phenoxy) is 2. The van der Waals surface area contributed by atoms with Crippen LogP contribution in [-0.2, 0) is 14.3 Å². The lowest BCUT2D eigenvalue weighted by Gasteiger charge is -2.44. The van der Waals surface area contributed by atoms with Gasteiger partial charge in [-0.05, 0) is 99.4 Å². The Morgan fingerprint density at radius 3 is 2.37 bits per heavy atom. The summed E-state index contributed by atoms with van der Waals surface area (Å²) >= 11 is 0. The minimum absolute atomic E-state index is 0.0730. The highest BCUT2D eigenvalue weighted by Crippen LogP contribution is 2.60. The van der Waals surface area contributed by atoms with Gasteiger partial charge in [-0.25, -0.2) is 0 Å². The molecular weight excluding hydrogens is 512 g/mol. The molecule has 5 nitrogen and oxygen atoms in total. The standard InChI is InChI=1S/C36H56O5/c1-6-8-21-40-33(36(19-20-36)34(39)41-22-9-7-2)17-12-25(3)29-15-16-30-28(11-10-18-35(29,30)5)14-13-27-23-31(37)26(4)32(38)24-27/h12-14,17,25,29-33,37-38H,4,6-11,15-16,18-24H2,1-3,5H3/b17-12+,28-14+/t25-,29-,30+,31-,32-,33-,35-/m1/s1. The van der Waals surface area contributed by atoms with E-state index in [0.29, 0.717) is 49.4 Å². The molecule has 41 heavy (non-hydrogen) atoms. The number of allylic oxidation sites excluding steroid dienone is 4. The molecule has 4 aliphatic carbocycles. The van der Waals surface area contributed by atoms with Crippen molar-refractivity contribution in [1.82, 2.24) is 0 Å². The molecule has 4 aliphatic rings. The van der Waals surface area contributed by atoms with Crippen molar-refractivity contribution in [2.45, 2.75) is 129 Å². The predicted octanol–water partition coefficient (Wildman–Crippen LogP) is 7.63. The first-order valence-electron chi connectivity index (χ1n) is 16.6. The van der Waals surface area contributed by atoms with Gasteiger partial charge in [-0.15, -0.1) is 0 Å². The molecule has 0 bridgehead atoms. The summed E-state index contributed by atoms with van der Waals surface area (Å²) in [6.07, 6.45) is 20.4. The number of fused-ring (bicyclic) bond motifs is 1. The molecule has 0 heterocycles. The van der Waals surface area contributed by atoms with Gasteiger partial charge in [-0.1, -0.05) is 82.6 Å². The maximum Gasteiger partial charge on any atom is 0.315 e. The zero-order valence-corrected chi connectivity index (χ0v) is 26.2. The molecule has 0 saturated heterocycles. The summed E-state index contributed by atoms with van der Waals surface area (Å²) in [6.45, 7) is 14.2. The van der Waals surface area contributed by atoms with Gasteiger partial charge >= 0.3 is 5.97 Å². The molecule has 4 saturated carbocycles. The molecule has 0 aromatic heterocycles. The molecule has 4 rings (SSSR count). The van der Waals surface area contributed by atoms with Crippen molar-refractivity contribution in [3.05, 3.63) is 47.6 Å². The third kappa shape index (κ3) is 7.28. The van der Waals surface area contributed by atoms with Crippen molar-refractivity contribution in [2.75, 3.05) is 13.2 Å². The zero-order chi connectivity index (χ0) is 29.6. The smallest absolute Gasteiger partial charge is 0.315 e. The van der Waals surface area contributed by atoms with Gasteiger partial charge in [-0.3, -0.25) is 4.79 Å². The average molecular weight is 569 g/mol. The van der Waals surface area contributed by atoms with Crippen LogP contribution in [0.5, 0.6) is 0 Å². The van der Waals surface area contributed by atoms with E-state index < -0.39 is 17.6 Å². The highest BCUT2D eigenvalue weighted by molar-refractivity contribution is 5.81. The van der Waals surface area contributed by atoms with E-state index in [4.69, 9.17) is 9.47 Å². The fourth-order valence-electron chi connectivity index (χ4n) is 7.93. The van der Waals surface area contributed by atoms with E-state index in [2.05, 4.69) is 58.6 Å². The number of aliphatic hydroxyl groups excluding tert-OH is 2. The van der Waals surface area contributed by atoms with Crippen LogP contribution in [0.25, 0.3) is 0 Å². The summed E-state index contributed by atoms with van der Waals surface area (Å²) in [5.74, 6) is 1.49. The van der Waals surface area contributed by atoms with Gasteiger partial charge in [0.25, 0.3) is 0 Å². The minimum atomic E-state index is -0.647. The lowest BCUT2D eigenvalue weighted by Crippen LogP contribution is -2.36. The molecule has 5 heteroatoms. The highest BCUT2D eigenvalue weighted by Gasteiger charge is 2.57. The first-order valence-corrected chi connectivity index (χ1v) is 16.6. The quantitative estimate of drug-likeness (QED) is 0.136. The van der Waals surface area contributed by atoms with E-state index in [1.54, 1.807) is 0 Å². The number of unbranched alkanes of at least 4 members (excludes halogenated alkanes) is 2. The first kappa shape index (κ1) is 32.2. The number of rotatable bonds is 13. The second-order valence-electron chi connectivity index (χ2n) is 13.7. The Labute approximate surface area is 249 Å². The molecule has 0 aromatic carbocycles. The Morgan fingerprint density at radius 2 is 1.71 bits per heavy atom. The van der Waals surface area contributed by atoms with E-state index in [9.17, 15) is 15.0 Å². The molecule has 7 atom stereocenters.